The number of Topliss-reactive ketones (excluding diaryl/α,β-unsaturated/α-hetero) is 1. The maximum absolute atomic E-state index is 15.7. The average Bonchev–Trinajstić information content (AvgIpc) is 3.42. The summed E-state index contributed by atoms with van der Waals surface area (Å²) < 4.78 is 46.1. The van der Waals surface area contributed by atoms with Crippen molar-refractivity contribution in [2.75, 3.05) is 60.8 Å². The minimum Gasteiger partial charge on any atom is -0.497 e. The van der Waals surface area contributed by atoms with Gasteiger partial charge in [-0.2, -0.15) is 0 Å². The van der Waals surface area contributed by atoms with Gasteiger partial charge < -0.3 is 47.8 Å². The summed E-state index contributed by atoms with van der Waals surface area (Å²) >= 11 is 0. The van der Waals surface area contributed by atoms with E-state index in [4.69, 9.17) is 32.4 Å². The molecule has 14 nitrogen and oxygen atoms in total. The lowest BCUT2D eigenvalue weighted by atomic mass is 9.79. The number of ketones is 1. The summed E-state index contributed by atoms with van der Waals surface area (Å²) in [7, 11) is 0.00643. The molecule has 0 radical (unpaired) electrons. The molecule has 0 aliphatic rings. The van der Waals surface area contributed by atoms with Gasteiger partial charge in [0.05, 0.1) is 40.5 Å². The fraction of sp³-hybridized carbons (Fsp3) is 0.433. The van der Waals surface area contributed by atoms with E-state index in [2.05, 4.69) is 60.3 Å². The molecule has 2 unspecified atom stereocenters. The second-order valence-corrected chi connectivity index (χ2v) is 26.2. The maximum Gasteiger partial charge on any atom is 0.306 e. The van der Waals surface area contributed by atoms with Gasteiger partial charge in [-0.15, -0.1) is 0 Å². The summed E-state index contributed by atoms with van der Waals surface area (Å²) in [4.78, 5) is 55.1. The summed E-state index contributed by atoms with van der Waals surface area (Å²) in [6.45, 7) is 15.7. The van der Waals surface area contributed by atoms with Crippen LogP contribution in [0.25, 0.3) is 0 Å². The third-order valence-electron chi connectivity index (χ3n) is 13.3. The van der Waals surface area contributed by atoms with Crippen molar-refractivity contribution >= 4 is 50.8 Å². The lowest BCUT2D eigenvalue weighted by molar-refractivity contribution is -0.155. The Morgan fingerprint density at radius 1 is 0.592 bits per heavy atom. The van der Waals surface area contributed by atoms with Crippen LogP contribution in [0.4, 0.5) is 0 Å². The molecule has 0 spiro atoms. The van der Waals surface area contributed by atoms with Crippen LogP contribution in [-0.4, -0.2) is 109 Å². The van der Waals surface area contributed by atoms with E-state index in [1.807, 2.05) is 143 Å². The molecule has 0 aromatic heterocycles. The van der Waals surface area contributed by atoms with E-state index in [0.29, 0.717) is 35.7 Å². The normalized spacial score (nSPS) is 13.2. The second kappa shape index (κ2) is 29.1. The highest BCUT2D eigenvalue weighted by molar-refractivity contribution is 7.44. The number of nitrogens with zero attached hydrogens (tertiary/aromatic N) is 1. The minimum absolute atomic E-state index is 0.0205. The molecular weight excluding hydrogens is 998 g/mol. The van der Waals surface area contributed by atoms with Crippen molar-refractivity contribution in [3.8, 4) is 11.5 Å². The molecule has 2 amide bonds. The van der Waals surface area contributed by atoms with Crippen molar-refractivity contribution in [3.63, 3.8) is 0 Å². The third-order valence-corrected chi connectivity index (χ3v) is 20.3. The number of nitrogens with one attached hydrogen (secondary N) is 2. The van der Waals surface area contributed by atoms with Gasteiger partial charge in [-0.25, -0.2) is 4.67 Å². The number of carbonyl (C=O) groups excluding carboxylic acids is 4. The molecule has 16 heteroatoms. The summed E-state index contributed by atoms with van der Waals surface area (Å²) in [6, 6.07) is 45.3. The number of rotatable bonds is 31. The lowest BCUT2D eigenvalue weighted by Gasteiger charge is -2.43. The molecule has 0 fully saturated rings. The van der Waals surface area contributed by atoms with E-state index in [0.717, 1.165) is 15.9 Å². The molecule has 0 saturated heterocycles. The SMILES string of the molecule is COc1ccc(C(OCC(COP(OC)N(C(C)C)C(C)C)(C(=O)NCCCOC(=O)CCC(C)=O)C(=O)NCCCO[Si](c2ccccc2)(c2ccccc2)C(C)(C)C)(c2ccccc2)c2ccc(OC)cc2)cc1. The first-order valence-electron chi connectivity index (χ1n) is 26.1. The van der Waals surface area contributed by atoms with Gasteiger partial charge in [0.2, 0.25) is 11.8 Å². The Bertz CT molecular complexity index is 2470. The zero-order valence-corrected chi connectivity index (χ0v) is 48.3. The molecule has 0 aliphatic carbocycles. The first-order chi connectivity index (χ1) is 36.4. The van der Waals surface area contributed by atoms with E-state index < -0.39 is 58.9 Å². The number of hydrogen-bond donors (Lipinski definition) is 2. The van der Waals surface area contributed by atoms with Crippen molar-refractivity contribution < 1.29 is 51.6 Å². The molecule has 0 heterocycles. The monoisotopic (exact) mass is 1080 g/mol. The Hall–Kier alpha value is -5.77. The Morgan fingerprint density at radius 3 is 1.46 bits per heavy atom. The zero-order chi connectivity index (χ0) is 55.4. The standard InChI is InChI=1S/C60H80N3O11PSi/c1-45(2)63(46(3)4)75(70-11)73-44-59(56(66)61-39-21-41-71-55(65)38-29-47(5)64,57(67)62-40-22-42-74-76(58(6,7)8,53-25-17-13-18-26-53)54-27-19-14-20-28-54)43-72-60(48-23-15-12-16-24-48,49-30-34-51(68-9)35-31-49)50-32-36-52(69-10)37-33-50/h12-20,23-28,30-37,45-46H,21-22,29,38-44H2,1-11H3,(H,61,66)(H,62,67). The van der Waals surface area contributed by atoms with E-state index in [1.54, 1.807) is 21.3 Å². The number of hydrogen-bond acceptors (Lipinski definition) is 12. The number of carbonyl (C=O) groups is 4. The zero-order valence-electron chi connectivity index (χ0n) is 46.4. The number of benzene rings is 5. The molecule has 0 aliphatic heterocycles. The highest BCUT2D eigenvalue weighted by atomic mass is 31.2. The molecule has 5 aromatic rings. The molecule has 76 heavy (non-hydrogen) atoms. The largest absolute Gasteiger partial charge is 0.497 e. The first kappa shape index (κ1) is 61.1. The van der Waals surface area contributed by atoms with Crippen molar-refractivity contribution in [1.29, 1.82) is 0 Å². The maximum atomic E-state index is 15.7. The fourth-order valence-corrected chi connectivity index (χ4v) is 15.6. The van der Waals surface area contributed by atoms with Crippen LogP contribution in [0.3, 0.4) is 0 Å². The number of esters is 1. The van der Waals surface area contributed by atoms with E-state index in [-0.39, 0.29) is 61.9 Å². The van der Waals surface area contributed by atoms with Crippen molar-refractivity contribution in [1.82, 2.24) is 15.3 Å². The van der Waals surface area contributed by atoms with Gasteiger partial charge in [0.25, 0.3) is 16.8 Å². The second-order valence-electron chi connectivity index (χ2n) is 20.3. The van der Waals surface area contributed by atoms with E-state index in [1.165, 1.54) is 6.92 Å². The predicted octanol–water partition coefficient (Wildman–Crippen LogP) is 9.51. The van der Waals surface area contributed by atoms with Gasteiger partial charge in [0.15, 0.2) is 5.41 Å². The van der Waals surface area contributed by atoms with Gasteiger partial charge in [-0.1, -0.05) is 136 Å². The highest BCUT2D eigenvalue weighted by Crippen LogP contribution is 2.48. The smallest absolute Gasteiger partial charge is 0.306 e. The van der Waals surface area contributed by atoms with Crippen LogP contribution in [-0.2, 0) is 47.7 Å². The van der Waals surface area contributed by atoms with Gasteiger partial charge in [0, 0.05) is 45.3 Å². The van der Waals surface area contributed by atoms with E-state index >= 15 is 9.59 Å². The van der Waals surface area contributed by atoms with Crippen LogP contribution in [0.15, 0.2) is 140 Å². The summed E-state index contributed by atoms with van der Waals surface area (Å²) in [5.74, 6) is -0.694. The number of ether oxygens (including phenoxy) is 4. The van der Waals surface area contributed by atoms with Gasteiger partial charge in [0.1, 0.15) is 22.9 Å². The average molecular weight is 1080 g/mol. The fourth-order valence-electron chi connectivity index (χ4n) is 9.47. The molecule has 5 aromatic carbocycles. The van der Waals surface area contributed by atoms with Crippen LogP contribution >= 0.6 is 8.53 Å². The first-order valence-corrected chi connectivity index (χ1v) is 29.1. The topological polar surface area (TPSA) is 160 Å². The molecular formula is C60H80N3O11PSi. The Kier molecular flexibility index (Phi) is 23.4. The third kappa shape index (κ3) is 15.2. The molecule has 0 bridgehead atoms. The Labute approximate surface area is 453 Å². The van der Waals surface area contributed by atoms with Gasteiger partial charge >= 0.3 is 5.97 Å². The minimum atomic E-state index is -2.92. The van der Waals surface area contributed by atoms with Gasteiger partial charge in [-0.05, 0) is 104 Å². The Balaban J connectivity index is 1.61. The number of amides is 2. The molecule has 2 atom stereocenters. The van der Waals surface area contributed by atoms with Crippen LogP contribution < -0.4 is 30.5 Å². The Morgan fingerprint density at radius 2 is 1.04 bits per heavy atom. The van der Waals surface area contributed by atoms with Crippen LogP contribution in [0, 0.1) is 5.41 Å². The van der Waals surface area contributed by atoms with Crippen molar-refractivity contribution in [2.45, 2.75) is 104 Å². The highest BCUT2D eigenvalue weighted by Gasteiger charge is 2.52. The van der Waals surface area contributed by atoms with Gasteiger partial charge in [-0.3, -0.25) is 14.4 Å². The molecule has 5 rings (SSSR count). The quantitative estimate of drug-likeness (QED) is 0.0108. The van der Waals surface area contributed by atoms with Crippen molar-refractivity contribution in [3.05, 3.63) is 156 Å². The molecule has 0 saturated carbocycles. The summed E-state index contributed by atoms with van der Waals surface area (Å²) in [6.07, 6.45) is 0.669. The molecule has 410 valence electrons. The lowest BCUT2D eigenvalue weighted by Crippen LogP contribution is -2.66. The van der Waals surface area contributed by atoms with Crippen LogP contribution in [0.2, 0.25) is 5.04 Å². The summed E-state index contributed by atoms with van der Waals surface area (Å²) in [5, 5.41) is 8.15. The predicted molar refractivity (Wildman–Crippen MR) is 302 cm³/mol. The van der Waals surface area contributed by atoms with Crippen molar-refractivity contribution in [2.24, 2.45) is 5.41 Å². The summed E-state index contributed by atoms with van der Waals surface area (Å²) in [5.41, 5.74) is -1.40. The molecule has 2 N–H and O–H groups in total. The van der Waals surface area contributed by atoms with E-state index in [9.17, 15) is 9.59 Å². The number of methoxy groups -OCH3 is 2. The van der Waals surface area contributed by atoms with Crippen LogP contribution in [0.1, 0.15) is 97.8 Å². The van der Waals surface area contributed by atoms with Crippen LogP contribution in [0.5, 0.6) is 11.5 Å².